The first kappa shape index (κ1) is 17.7. The van der Waals surface area contributed by atoms with Gasteiger partial charge in [-0.1, -0.05) is 12.1 Å². The maximum Gasteiger partial charge on any atom is 0.344 e. The Hall–Kier alpha value is -3.15. The van der Waals surface area contributed by atoms with Crippen molar-refractivity contribution in [2.75, 3.05) is 13.2 Å². The lowest BCUT2D eigenvalue weighted by molar-refractivity contribution is -0.145. The molecule has 0 saturated heterocycles. The fourth-order valence-electron chi connectivity index (χ4n) is 2.61. The van der Waals surface area contributed by atoms with Gasteiger partial charge < -0.3 is 14.2 Å². The second-order valence-corrected chi connectivity index (χ2v) is 5.65. The first-order valence-corrected chi connectivity index (χ1v) is 8.11. The van der Waals surface area contributed by atoms with Gasteiger partial charge >= 0.3 is 5.97 Å². The molecule has 5 nitrogen and oxygen atoms in total. The Morgan fingerprint density at radius 3 is 2.81 bits per heavy atom. The van der Waals surface area contributed by atoms with E-state index in [1.807, 2.05) is 0 Å². The molecule has 134 valence electrons. The maximum atomic E-state index is 13.3. The molecule has 0 aromatic heterocycles. The molecule has 0 radical (unpaired) electrons. The number of fused-ring (bicyclic) bond motifs is 1. The topological polar surface area (TPSA) is 61.8 Å². The molecule has 1 aliphatic heterocycles. The van der Waals surface area contributed by atoms with Crippen LogP contribution in [0.4, 0.5) is 4.39 Å². The number of ether oxygens (including phenoxy) is 3. The van der Waals surface area contributed by atoms with Crippen molar-refractivity contribution >= 4 is 17.8 Å². The number of hydrogen-bond acceptors (Lipinski definition) is 5. The van der Waals surface area contributed by atoms with Crippen LogP contribution in [0, 0.1) is 12.7 Å². The summed E-state index contributed by atoms with van der Waals surface area (Å²) in [4.78, 5) is 23.9. The molecule has 0 bridgehead atoms. The standard InChI is InChI=1S/C20H17FO5/c1-3-24-18(22)11-25-16-8-7-15-19(23)17(26-20(15)12(16)2)10-13-5-4-6-14(21)9-13/h4-10H,3,11H2,1-2H3/b17-10-. The van der Waals surface area contributed by atoms with Crippen LogP contribution < -0.4 is 9.47 Å². The molecule has 2 aromatic carbocycles. The van der Waals surface area contributed by atoms with Crippen LogP contribution in [0.25, 0.3) is 6.08 Å². The molecule has 0 N–H and O–H groups in total. The lowest BCUT2D eigenvalue weighted by atomic mass is 10.1. The van der Waals surface area contributed by atoms with Crippen molar-refractivity contribution in [2.45, 2.75) is 13.8 Å². The molecule has 1 heterocycles. The van der Waals surface area contributed by atoms with Gasteiger partial charge in [-0.3, -0.25) is 4.79 Å². The Bertz CT molecular complexity index is 901. The molecule has 6 heteroatoms. The van der Waals surface area contributed by atoms with Gasteiger partial charge in [0.1, 0.15) is 17.3 Å². The average molecular weight is 356 g/mol. The number of esters is 1. The second kappa shape index (κ2) is 7.39. The first-order chi connectivity index (χ1) is 12.5. The fraction of sp³-hybridized carbons (Fsp3) is 0.200. The third-order valence-electron chi connectivity index (χ3n) is 3.83. The number of carbonyl (C=O) groups excluding carboxylic acids is 2. The van der Waals surface area contributed by atoms with Crippen molar-refractivity contribution in [3.8, 4) is 11.5 Å². The van der Waals surface area contributed by atoms with E-state index in [2.05, 4.69) is 0 Å². The third-order valence-corrected chi connectivity index (χ3v) is 3.83. The van der Waals surface area contributed by atoms with Crippen LogP contribution in [0.1, 0.15) is 28.4 Å². The average Bonchev–Trinajstić information content (AvgIpc) is 2.92. The van der Waals surface area contributed by atoms with E-state index in [9.17, 15) is 14.0 Å². The van der Waals surface area contributed by atoms with Crippen LogP contribution in [-0.4, -0.2) is 25.0 Å². The molecular formula is C20H17FO5. The van der Waals surface area contributed by atoms with Gasteiger partial charge in [0.25, 0.3) is 0 Å². The number of benzene rings is 2. The number of Topliss-reactive ketones (excluding diaryl/α,β-unsaturated/α-hetero) is 1. The number of rotatable bonds is 5. The minimum atomic E-state index is -0.476. The predicted molar refractivity (Wildman–Crippen MR) is 92.6 cm³/mol. The van der Waals surface area contributed by atoms with Crippen molar-refractivity contribution in [3.05, 3.63) is 64.7 Å². The Morgan fingerprint density at radius 2 is 2.08 bits per heavy atom. The fourth-order valence-corrected chi connectivity index (χ4v) is 2.61. The number of hydrogen-bond donors (Lipinski definition) is 0. The van der Waals surface area contributed by atoms with Crippen LogP contribution in [-0.2, 0) is 9.53 Å². The highest BCUT2D eigenvalue weighted by atomic mass is 19.1. The van der Waals surface area contributed by atoms with Gasteiger partial charge in [0.2, 0.25) is 5.78 Å². The zero-order chi connectivity index (χ0) is 18.7. The third kappa shape index (κ3) is 3.59. The quantitative estimate of drug-likeness (QED) is 0.604. The normalized spacial score (nSPS) is 14.1. The monoisotopic (exact) mass is 356 g/mol. The Kier molecular flexibility index (Phi) is 5.02. The maximum absolute atomic E-state index is 13.3. The molecule has 26 heavy (non-hydrogen) atoms. The van der Waals surface area contributed by atoms with E-state index in [4.69, 9.17) is 14.2 Å². The lowest BCUT2D eigenvalue weighted by Gasteiger charge is -2.10. The molecule has 0 aliphatic carbocycles. The molecular weight excluding hydrogens is 339 g/mol. The van der Waals surface area contributed by atoms with Crippen LogP contribution in [0.2, 0.25) is 0 Å². The van der Waals surface area contributed by atoms with Crippen molar-refractivity contribution in [3.63, 3.8) is 0 Å². The molecule has 2 aromatic rings. The molecule has 3 rings (SSSR count). The van der Waals surface area contributed by atoms with E-state index in [1.165, 1.54) is 18.2 Å². The van der Waals surface area contributed by atoms with Crippen LogP contribution in [0.3, 0.4) is 0 Å². The minimum Gasteiger partial charge on any atom is -0.481 e. The highest BCUT2D eigenvalue weighted by Gasteiger charge is 2.30. The molecule has 0 spiro atoms. The van der Waals surface area contributed by atoms with Crippen LogP contribution in [0.5, 0.6) is 11.5 Å². The van der Waals surface area contributed by atoms with Gasteiger partial charge in [-0.15, -0.1) is 0 Å². The van der Waals surface area contributed by atoms with Crippen LogP contribution in [0.15, 0.2) is 42.2 Å². The molecule has 0 unspecified atom stereocenters. The summed E-state index contributed by atoms with van der Waals surface area (Å²) in [6, 6.07) is 9.06. The summed E-state index contributed by atoms with van der Waals surface area (Å²) in [6.07, 6.45) is 1.49. The molecule has 0 amide bonds. The number of ketones is 1. The number of halogens is 1. The molecule has 1 aliphatic rings. The van der Waals surface area contributed by atoms with E-state index < -0.39 is 11.8 Å². The Morgan fingerprint density at radius 1 is 1.27 bits per heavy atom. The largest absolute Gasteiger partial charge is 0.481 e. The van der Waals surface area contributed by atoms with Crippen molar-refractivity contribution in [1.29, 1.82) is 0 Å². The summed E-state index contributed by atoms with van der Waals surface area (Å²) < 4.78 is 29.3. The summed E-state index contributed by atoms with van der Waals surface area (Å²) >= 11 is 0. The van der Waals surface area contributed by atoms with E-state index in [0.717, 1.165) is 0 Å². The van der Waals surface area contributed by atoms with E-state index in [1.54, 1.807) is 38.1 Å². The highest BCUT2D eigenvalue weighted by Crippen LogP contribution is 2.39. The van der Waals surface area contributed by atoms with E-state index in [-0.39, 0.29) is 24.8 Å². The van der Waals surface area contributed by atoms with Crippen molar-refractivity contribution in [1.82, 2.24) is 0 Å². The number of carbonyl (C=O) groups is 2. The van der Waals surface area contributed by atoms with Gasteiger partial charge in [0, 0.05) is 5.56 Å². The van der Waals surface area contributed by atoms with E-state index >= 15 is 0 Å². The predicted octanol–water partition coefficient (Wildman–Crippen LogP) is 3.69. The zero-order valence-electron chi connectivity index (χ0n) is 14.4. The van der Waals surface area contributed by atoms with Gasteiger partial charge in [0.05, 0.1) is 12.2 Å². The van der Waals surface area contributed by atoms with Gasteiger partial charge in [-0.05, 0) is 49.8 Å². The summed E-state index contributed by atoms with van der Waals surface area (Å²) in [7, 11) is 0. The number of allylic oxidation sites excluding steroid dienone is 1. The second-order valence-electron chi connectivity index (χ2n) is 5.65. The van der Waals surface area contributed by atoms with Crippen molar-refractivity contribution in [2.24, 2.45) is 0 Å². The summed E-state index contributed by atoms with van der Waals surface area (Å²) in [6.45, 7) is 3.49. The van der Waals surface area contributed by atoms with E-state index in [0.29, 0.717) is 28.2 Å². The van der Waals surface area contributed by atoms with Gasteiger partial charge in [-0.25, -0.2) is 9.18 Å². The van der Waals surface area contributed by atoms with Crippen molar-refractivity contribution < 1.29 is 28.2 Å². The zero-order valence-corrected chi connectivity index (χ0v) is 14.4. The first-order valence-electron chi connectivity index (χ1n) is 8.11. The minimum absolute atomic E-state index is 0.108. The summed E-state index contributed by atoms with van der Waals surface area (Å²) in [5.74, 6) is -0.250. The SMILES string of the molecule is CCOC(=O)COc1ccc2c(c1C)O/C(=C\c1cccc(F)c1)C2=O. The van der Waals surface area contributed by atoms with Gasteiger partial charge in [0.15, 0.2) is 12.4 Å². The highest BCUT2D eigenvalue weighted by molar-refractivity contribution is 6.14. The Balaban J connectivity index is 1.83. The molecule has 0 fully saturated rings. The molecule has 0 atom stereocenters. The molecule has 0 saturated carbocycles. The van der Waals surface area contributed by atoms with Gasteiger partial charge in [-0.2, -0.15) is 0 Å². The van der Waals surface area contributed by atoms with Crippen LogP contribution >= 0.6 is 0 Å². The Labute approximate surface area is 150 Å². The lowest BCUT2D eigenvalue weighted by Crippen LogP contribution is -2.15. The smallest absolute Gasteiger partial charge is 0.344 e. The summed E-state index contributed by atoms with van der Waals surface area (Å²) in [5, 5.41) is 0. The summed E-state index contributed by atoms with van der Waals surface area (Å²) in [5.41, 5.74) is 1.52.